The van der Waals surface area contributed by atoms with Gasteiger partial charge in [-0.05, 0) is 46.5 Å². The quantitative estimate of drug-likeness (QED) is 0.247. The molecule has 0 aliphatic carbocycles. The number of rotatable bonds is 6. The normalized spacial score (nSPS) is 11.0. The fraction of sp³-hybridized carbons (Fsp3) is 0. The summed E-state index contributed by atoms with van der Waals surface area (Å²) in [5.41, 5.74) is 11.1. The van der Waals surface area contributed by atoms with Crippen molar-refractivity contribution in [2.75, 3.05) is 0 Å². The molecule has 1 aromatic heterocycles. The van der Waals surface area contributed by atoms with Gasteiger partial charge in [0.2, 0.25) is 17.1 Å². The van der Waals surface area contributed by atoms with Crippen LogP contribution in [0.1, 0.15) is 0 Å². The van der Waals surface area contributed by atoms with Crippen LogP contribution < -0.4 is 23.2 Å². The molecule has 0 amide bonds. The SMILES string of the molecule is Oc1c(-c2ccccc2)cc(-[n+]2c(-c3ccccc3)cc(-c3ccccc3)cc2-c2ccccc2)cc1-c1ccccc1.[O-][Cl+3]([O-])([O-])[O-]. The van der Waals surface area contributed by atoms with Gasteiger partial charge in [0, 0.05) is 46.5 Å². The van der Waals surface area contributed by atoms with E-state index < -0.39 is 10.2 Å². The average molecular weight is 652 g/mol. The molecule has 0 fully saturated rings. The highest BCUT2D eigenvalue weighted by molar-refractivity contribution is 5.84. The fourth-order valence-corrected chi connectivity index (χ4v) is 5.74. The third-order valence-electron chi connectivity index (χ3n) is 7.83. The van der Waals surface area contributed by atoms with Crippen molar-refractivity contribution in [1.82, 2.24) is 0 Å². The molecule has 0 unspecified atom stereocenters. The lowest BCUT2D eigenvalue weighted by atomic mass is 9.94. The lowest BCUT2D eigenvalue weighted by Gasteiger charge is -2.17. The van der Waals surface area contributed by atoms with Gasteiger partial charge in [-0.15, -0.1) is 10.2 Å². The lowest BCUT2D eigenvalue weighted by molar-refractivity contribution is -2.00. The molecule has 48 heavy (non-hydrogen) atoms. The Morgan fingerprint density at radius 2 is 0.667 bits per heavy atom. The largest absolute Gasteiger partial charge is 0.507 e. The molecule has 0 spiro atoms. The summed E-state index contributed by atoms with van der Waals surface area (Å²) in [6, 6.07) is 60.6. The zero-order valence-corrected chi connectivity index (χ0v) is 26.4. The Balaban J connectivity index is 0.000000749. The van der Waals surface area contributed by atoms with Crippen LogP contribution in [0.3, 0.4) is 0 Å². The molecular formula is C41H30ClNO5. The Morgan fingerprint density at radius 3 is 1.00 bits per heavy atom. The molecule has 6 nitrogen and oxygen atoms in total. The van der Waals surface area contributed by atoms with Crippen LogP contribution >= 0.6 is 0 Å². The Bertz CT molecular complexity index is 1980. The molecule has 1 heterocycles. The Hall–Kier alpha value is -5.60. The van der Waals surface area contributed by atoms with Gasteiger partial charge in [-0.3, -0.25) is 0 Å². The first kappa shape index (κ1) is 32.3. The van der Waals surface area contributed by atoms with Gasteiger partial charge in [-0.2, -0.15) is 4.57 Å². The minimum Gasteiger partial charge on any atom is -0.507 e. The van der Waals surface area contributed by atoms with Crippen LogP contribution in [0.4, 0.5) is 0 Å². The number of halogens is 1. The van der Waals surface area contributed by atoms with E-state index in [1.165, 1.54) is 0 Å². The van der Waals surface area contributed by atoms with Crippen LogP contribution in [0.5, 0.6) is 5.75 Å². The smallest absolute Gasteiger partial charge is 0.219 e. The molecule has 7 aromatic rings. The molecule has 0 radical (unpaired) electrons. The average Bonchev–Trinajstić information content (AvgIpc) is 3.12. The van der Waals surface area contributed by atoms with Gasteiger partial charge in [0.15, 0.2) is 0 Å². The summed E-state index contributed by atoms with van der Waals surface area (Å²) >= 11 is 0. The second-order valence-electron chi connectivity index (χ2n) is 10.9. The number of phenols is 1. The third-order valence-corrected chi connectivity index (χ3v) is 7.83. The molecule has 7 rings (SSSR count). The first-order valence-electron chi connectivity index (χ1n) is 15.1. The number of phenolic OH excluding ortho intramolecular Hbond substituents is 1. The van der Waals surface area contributed by atoms with E-state index in [1.807, 2.05) is 60.7 Å². The van der Waals surface area contributed by atoms with Crippen molar-refractivity contribution in [2.45, 2.75) is 0 Å². The minimum atomic E-state index is -4.94. The molecule has 6 aromatic carbocycles. The van der Waals surface area contributed by atoms with Crippen molar-refractivity contribution < 1.29 is 38.6 Å². The monoisotopic (exact) mass is 651 g/mol. The highest BCUT2D eigenvalue weighted by Crippen LogP contribution is 2.40. The summed E-state index contributed by atoms with van der Waals surface area (Å²) < 4.78 is 36.3. The number of hydrogen-bond donors (Lipinski definition) is 1. The Morgan fingerprint density at radius 1 is 0.375 bits per heavy atom. The topological polar surface area (TPSA) is 116 Å². The Labute approximate surface area is 281 Å². The summed E-state index contributed by atoms with van der Waals surface area (Å²) in [6.45, 7) is 0. The molecule has 0 saturated heterocycles. The van der Waals surface area contributed by atoms with Crippen molar-refractivity contribution in [1.29, 1.82) is 0 Å². The molecule has 0 aliphatic heterocycles. The zero-order chi connectivity index (χ0) is 33.5. The van der Waals surface area contributed by atoms with E-state index in [9.17, 15) is 5.11 Å². The number of aromatic nitrogens is 1. The van der Waals surface area contributed by atoms with Gasteiger partial charge in [0.05, 0.1) is 0 Å². The molecule has 0 aliphatic rings. The van der Waals surface area contributed by atoms with Crippen LogP contribution in [-0.4, -0.2) is 5.11 Å². The number of pyridine rings is 1. The molecule has 236 valence electrons. The van der Waals surface area contributed by atoms with Crippen LogP contribution in [0.25, 0.3) is 61.6 Å². The first-order valence-corrected chi connectivity index (χ1v) is 16.4. The molecule has 0 bridgehead atoms. The van der Waals surface area contributed by atoms with Crippen molar-refractivity contribution in [3.63, 3.8) is 0 Å². The molecule has 7 heteroatoms. The fourth-order valence-electron chi connectivity index (χ4n) is 5.74. The van der Waals surface area contributed by atoms with Gasteiger partial charge < -0.3 is 5.11 Å². The predicted molar refractivity (Wildman–Crippen MR) is 177 cm³/mol. The third kappa shape index (κ3) is 7.67. The van der Waals surface area contributed by atoms with Crippen LogP contribution in [0, 0.1) is 10.2 Å². The summed E-state index contributed by atoms with van der Waals surface area (Å²) in [5, 5.41) is 11.7. The van der Waals surface area contributed by atoms with E-state index in [4.69, 9.17) is 18.6 Å². The molecular weight excluding hydrogens is 622 g/mol. The van der Waals surface area contributed by atoms with Crippen molar-refractivity contribution >= 4 is 0 Å². The maximum atomic E-state index is 11.7. The van der Waals surface area contributed by atoms with Crippen LogP contribution in [-0.2, 0) is 0 Å². The van der Waals surface area contributed by atoms with E-state index >= 15 is 0 Å². The number of nitrogens with zero attached hydrogens (tertiary/aromatic N) is 1. The van der Waals surface area contributed by atoms with Gasteiger partial charge >= 0.3 is 0 Å². The van der Waals surface area contributed by atoms with E-state index in [2.05, 4.69) is 120 Å². The van der Waals surface area contributed by atoms with Gasteiger partial charge in [-0.25, -0.2) is 18.6 Å². The second-order valence-corrected chi connectivity index (χ2v) is 11.7. The van der Waals surface area contributed by atoms with Crippen LogP contribution in [0.15, 0.2) is 176 Å². The number of aromatic hydroxyl groups is 1. The first-order chi connectivity index (χ1) is 23.3. The van der Waals surface area contributed by atoms with E-state index in [0.29, 0.717) is 0 Å². The van der Waals surface area contributed by atoms with E-state index in [-0.39, 0.29) is 5.75 Å². The number of benzene rings is 6. The highest BCUT2D eigenvalue weighted by atomic mass is 35.7. The van der Waals surface area contributed by atoms with Crippen molar-refractivity contribution in [3.05, 3.63) is 176 Å². The molecule has 0 atom stereocenters. The summed E-state index contributed by atoms with van der Waals surface area (Å²) in [7, 11) is -4.94. The predicted octanol–water partition coefficient (Wildman–Crippen LogP) is 5.25. The summed E-state index contributed by atoms with van der Waals surface area (Å²) in [6.07, 6.45) is 0. The standard InChI is InChI=1S/C41H29NO.ClHO4/c43-41-37(31-18-8-2-9-19-31)28-36(29-38(41)32-20-10-3-11-21-32)42-39(33-22-12-4-13-23-33)26-35(30-16-6-1-7-17-30)27-40(42)34-24-14-5-15-25-34;2-1(3,4)5/h1-29H;(H,2,3,4,5). The maximum Gasteiger partial charge on any atom is 0.219 e. The van der Waals surface area contributed by atoms with Gasteiger partial charge in [0.1, 0.15) is 5.75 Å². The van der Waals surface area contributed by atoms with Crippen molar-refractivity contribution in [2.24, 2.45) is 0 Å². The maximum absolute atomic E-state index is 11.7. The highest BCUT2D eigenvalue weighted by Gasteiger charge is 2.27. The Kier molecular flexibility index (Phi) is 9.73. The van der Waals surface area contributed by atoms with Gasteiger partial charge in [-0.1, -0.05) is 127 Å². The second kappa shape index (κ2) is 14.4. The molecule has 1 N–H and O–H groups in total. The molecule has 0 saturated carbocycles. The minimum absolute atomic E-state index is 0.269. The lowest BCUT2D eigenvalue weighted by Crippen LogP contribution is -2.68. The number of hydrogen-bond acceptors (Lipinski definition) is 5. The van der Waals surface area contributed by atoms with E-state index in [0.717, 1.165) is 61.6 Å². The zero-order valence-electron chi connectivity index (χ0n) is 25.6. The van der Waals surface area contributed by atoms with Gasteiger partial charge in [0.25, 0.3) is 0 Å². The van der Waals surface area contributed by atoms with E-state index in [1.54, 1.807) is 0 Å². The summed E-state index contributed by atoms with van der Waals surface area (Å²) in [4.78, 5) is 0. The van der Waals surface area contributed by atoms with Crippen molar-refractivity contribution in [3.8, 4) is 67.3 Å². The van der Waals surface area contributed by atoms with Crippen LogP contribution in [0.2, 0.25) is 0 Å². The summed E-state index contributed by atoms with van der Waals surface area (Å²) in [5.74, 6) is 0.269.